The Kier molecular flexibility index (Phi) is 4.53. The van der Waals surface area contributed by atoms with E-state index >= 15 is 0 Å². The summed E-state index contributed by atoms with van der Waals surface area (Å²) >= 11 is 0. The zero-order valence-electron chi connectivity index (χ0n) is 10.9. The van der Waals surface area contributed by atoms with Gasteiger partial charge in [-0.05, 0) is 24.5 Å². The fourth-order valence-electron chi connectivity index (χ4n) is 1.81. The molecule has 1 fully saturated rings. The second-order valence-corrected chi connectivity index (χ2v) is 4.99. The van der Waals surface area contributed by atoms with Gasteiger partial charge in [0.2, 0.25) is 0 Å². The first-order valence-electron chi connectivity index (χ1n) is 6.56. The summed E-state index contributed by atoms with van der Waals surface area (Å²) in [6.45, 7) is 1.42. The van der Waals surface area contributed by atoms with E-state index in [0.717, 1.165) is 19.4 Å². The van der Waals surface area contributed by atoms with Crippen LogP contribution in [0.25, 0.3) is 6.08 Å². The van der Waals surface area contributed by atoms with Crippen LogP contribution >= 0.6 is 0 Å². The van der Waals surface area contributed by atoms with Crippen LogP contribution in [0.4, 0.5) is 0 Å². The maximum atomic E-state index is 11.6. The van der Waals surface area contributed by atoms with Crippen LogP contribution in [-0.2, 0) is 4.79 Å². The monoisotopic (exact) mass is 245 g/mol. The predicted molar refractivity (Wildman–Crippen MR) is 73.3 cm³/mol. The molecule has 1 aliphatic rings. The van der Waals surface area contributed by atoms with E-state index in [2.05, 4.69) is 29.6 Å². The van der Waals surface area contributed by atoms with Crippen molar-refractivity contribution in [2.24, 2.45) is 0 Å². The molecular weight excluding hydrogens is 224 g/mol. The van der Waals surface area contributed by atoms with Crippen molar-refractivity contribution in [1.29, 1.82) is 0 Å². The largest absolute Gasteiger partial charge is 0.348 e. The van der Waals surface area contributed by atoms with Crippen LogP contribution in [0.2, 0.25) is 0 Å². The number of rotatable bonds is 6. The Bertz CT molecular complexity index is 410. The molecule has 3 heteroatoms. The zero-order valence-corrected chi connectivity index (χ0v) is 10.9. The molecule has 2 rings (SSSR count). The molecule has 96 valence electrons. The number of hydrogen-bond donors (Lipinski definition) is 2. The molecule has 18 heavy (non-hydrogen) atoms. The van der Waals surface area contributed by atoms with Crippen molar-refractivity contribution in [1.82, 2.24) is 5.32 Å². The van der Waals surface area contributed by atoms with Crippen LogP contribution in [0.5, 0.6) is 0 Å². The van der Waals surface area contributed by atoms with Gasteiger partial charge in [-0.2, -0.15) is 0 Å². The van der Waals surface area contributed by atoms with Gasteiger partial charge < -0.3 is 10.2 Å². The number of benzene rings is 1. The average molecular weight is 245 g/mol. The van der Waals surface area contributed by atoms with Crippen molar-refractivity contribution in [3.8, 4) is 0 Å². The van der Waals surface area contributed by atoms with E-state index < -0.39 is 0 Å². The SMILES string of the molecule is C[NH+](C/C=C/c1ccccc1)CC(=O)NC1CC1. The molecule has 0 saturated heterocycles. The second-order valence-electron chi connectivity index (χ2n) is 4.99. The molecule has 0 spiro atoms. The van der Waals surface area contributed by atoms with E-state index in [1.807, 2.05) is 25.2 Å². The van der Waals surface area contributed by atoms with Gasteiger partial charge in [0.05, 0.1) is 13.6 Å². The van der Waals surface area contributed by atoms with Gasteiger partial charge in [0.25, 0.3) is 5.91 Å². The standard InChI is InChI=1S/C15H20N2O/c1-17(12-15(18)16-14-9-10-14)11-5-8-13-6-3-2-4-7-13/h2-8,14H,9-12H2,1H3,(H,16,18)/p+1/b8-5+. The van der Waals surface area contributed by atoms with E-state index in [4.69, 9.17) is 0 Å². The summed E-state index contributed by atoms with van der Waals surface area (Å²) in [6, 6.07) is 10.7. The molecule has 1 aromatic rings. The molecule has 0 aliphatic heterocycles. The third kappa shape index (κ3) is 4.72. The third-order valence-electron chi connectivity index (χ3n) is 2.98. The van der Waals surface area contributed by atoms with Crippen molar-refractivity contribution in [2.75, 3.05) is 20.1 Å². The van der Waals surface area contributed by atoms with Crippen LogP contribution in [0.3, 0.4) is 0 Å². The van der Waals surface area contributed by atoms with Gasteiger partial charge in [-0.3, -0.25) is 4.79 Å². The number of carbonyl (C=O) groups excluding carboxylic acids is 1. The molecule has 2 N–H and O–H groups in total. The first kappa shape index (κ1) is 12.8. The van der Waals surface area contributed by atoms with Gasteiger partial charge in [0.15, 0.2) is 6.54 Å². The lowest BCUT2D eigenvalue weighted by Crippen LogP contribution is -3.10. The van der Waals surface area contributed by atoms with Gasteiger partial charge in [-0.1, -0.05) is 36.4 Å². The highest BCUT2D eigenvalue weighted by atomic mass is 16.2. The van der Waals surface area contributed by atoms with Gasteiger partial charge in [0.1, 0.15) is 0 Å². The third-order valence-corrected chi connectivity index (χ3v) is 2.98. The maximum Gasteiger partial charge on any atom is 0.275 e. The van der Waals surface area contributed by atoms with Crippen molar-refractivity contribution >= 4 is 12.0 Å². The van der Waals surface area contributed by atoms with Gasteiger partial charge in [-0.25, -0.2) is 0 Å². The number of likely N-dealkylation sites (N-methyl/N-ethyl adjacent to an activating group) is 1. The Morgan fingerprint density at radius 1 is 1.39 bits per heavy atom. The van der Waals surface area contributed by atoms with Crippen molar-refractivity contribution in [2.45, 2.75) is 18.9 Å². The second kappa shape index (κ2) is 6.36. The number of quaternary nitrogens is 1. The molecule has 0 bridgehead atoms. The van der Waals surface area contributed by atoms with Gasteiger partial charge in [-0.15, -0.1) is 0 Å². The minimum atomic E-state index is 0.170. The highest BCUT2D eigenvalue weighted by Crippen LogP contribution is 2.17. The highest BCUT2D eigenvalue weighted by molar-refractivity contribution is 5.77. The molecule has 0 aromatic heterocycles. The minimum Gasteiger partial charge on any atom is -0.348 e. The summed E-state index contributed by atoms with van der Waals surface area (Å²) in [5, 5.41) is 3.01. The summed E-state index contributed by atoms with van der Waals surface area (Å²) in [7, 11) is 2.04. The minimum absolute atomic E-state index is 0.170. The van der Waals surface area contributed by atoms with E-state index in [0.29, 0.717) is 12.6 Å². The molecule has 1 saturated carbocycles. The van der Waals surface area contributed by atoms with Gasteiger partial charge >= 0.3 is 0 Å². The van der Waals surface area contributed by atoms with Crippen molar-refractivity contribution in [3.63, 3.8) is 0 Å². The normalized spacial score (nSPS) is 16.7. The van der Waals surface area contributed by atoms with E-state index in [1.165, 1.54) is 10.5 Å². The summed E-state index contributed by atoms with van der Waals surface area (Å²) < 4.78 is 0. The summed E-state index contributed by atoms with van der Waals surface area (Å²) in [5.74, 6) is 0.170. The molecule has 0 heterocycles. The molecular formula is C15H21N2O+. The Balaban J connectivity index is 1.69. The fraction of sp³-hybridized carbons (Fsp3) is 0.400. The molecule has 1 aromatic carbocycles. The topological polar surface area (TPSA) is 33.5 Å². The fourth-order valence-corrected chi connectivity index (χ4v) is 1.81. The van der Waals surface area contributed by atoms with Gasteiger partial charge in [0, 0.05) is 6.04 Å². The molecule has 1 aliphatic carbocycles. The lowest BCUT2D eigenvalue weighted by atomic mass is 10.2. The first-order chi connectivity index (χ1) is 8.74. The first-order valence-corrected chi connectivity index (χ1v) is 6.56. The molecule has 0 radical (unpaired) electrons. The van der Waals surface area contributed by atoms with Crippen molar-refractivity contribution < 1.29 is 9.69 Å². The van der Waals surface area contributed by atoms with Crippen LogP contribution in [0, 0.1) is 0 Å². The Labute approximate surface area is 108 Å². The van der Waals surface area contributed by atoms with E-state index in [9.17, 15) is 4.79 Å². The van der Waals surface area contributed by atoms with Crippen molar-refractivity contribution in [3.05, 3.63) is 42.0 Å². The Hall–Kier alpha value is -1.61. The van der Waals surface area contributed by atoms with Crippen LogP contribution in [0.15, 0.2) is 36.4 Å². The zero-order chi connectivity index (χ0) is 12.8. The number of nitrogens with one attached hydrogen (secondary N) is 2. The maximum absolute atomic E-state index is 11.6. The number of amides is 1. The molecule has 1 amide bonds. The predicted octanol–water partition coefficient (Wildman–Crippen LogP) is 0.493. The number of hydrogen-bond acceptors (Lipinski definition) is 1. The van der Waals surface area contributed by atoms with Crippen LogP contribution in [-0.4, -0.2) is 32.1 Å². The summed E-state index contributed by atoms with van der Waals surface area (Å²) in [5.41, 5.74) is 1.20. The average Bonchev–Trinajstić information content (AvgIpc) is 3.14. The Morgan fingerprint density at radius 3 is 2.78 bits per heavy atom. The molecule has 1 unspecified atom stereocenters. The summed E-state index contributed by atoms with van der Waals surface area (Å²) in [4.78, 5) is 12.8. The Morgan fingerprint density at radius 2 is 2.11 bits per heavy atom. The number of carbonyl (C=O) groups is 1. The van der Waals surface area contributed by atoms with Crippen LogP contribution < -0.4 is 10.2 Å². The quantitative estimate of drug-likeness (QED) is 0.751. The van der Waals surface area contributed by atoms with E-state index in [1.54, 1.807) is 0 Å². The van der Waals surface area contributed by atoms with Crippen LogP contribution in [0.1, 0.15) is 18.4 Å². The highest BCUT2D eigenvalue weighted by Gasteiger charge is 2.24. The van der Waals surface area contributed by atoms with E-state index in [-0.39, 0.29) is 5.91 Å². The summed E-state index contributed by atoms with van der Waals surface area (Å²) in [6.07, 6.45) is 6.52. The molecule has 3 nitrogen and oxygen atoms in total. The lowest BCUT2D eigenvalue weighted by Gasteiger charge is -2.11. The smallest absolute Gasteiger partial charge is 0.275 e. The lowest BCUT2D eigenvalue weighted by molar-refractivity contribution is -0.864. The molecule has 1 atom stereocenters.